The molecule has 162 valence electrons. The van der Waals surface area contributed by atoms with Crippen LogP contribution in [0.3, 0.4) is 0 Å². The molecule has 0 atom stereocenters. The molecule has 0 fully saturated rings. The van der Waals surface area contributed by atoms with Crippen LogP contribution in [0, 0.1) is 0 Å². The van der Waals surface area contributed by atoms with E-state index in [1.165, 1.54) is 11.8 Å². The zero-order chi connectivity index (χ0) is 22.0. The van der Waals surface area contributed by atoms with Crippen molar-refractivity contribution >= 4 is 39.6 Å². The van der Waals surface area contributed by atoms with Gasteiger partial charge in [0.05, 0.1) is 11.3 Å². The Morgan fingerprint density at radius 2 is 1.94 bits per heavy atom. The number of hydrogen-bond donors (Lipinski definition) is 2. The Morgan fingerprint density at radius 3 is 2.71 bits per heavy atom. The van der Waals surface area contributed by atoms with Gasteiger partial charge in [0, 0.05) is 25.5 Å². The number of anilines is 1. The van der Waals surface area contributed by atoms with Gasteiger partial charge in [-0.1, -0.05) is 37.2 Å². The topological polar surface area (TPSA) is 110 Å². The average Bonchev–Trinajstić information content (AvgIpc) is 3.09. The molecular formula is C21H25N7O2S. The zero-order valence-electron chi connectivity index (χ0n) is 17.8. The zero-order valence-corrected chi connectivity index (χ0v) is 18.6. The van der Waals surface area contributed by atoms with Crippen LogP contribution < -0.4 is 16.6 Å². The molecule has 0 amide bonds. The van der Waals surface area contributed by atoms with Gasteiger partial charge in [-0.2, -0.15) is 0 Å². The Morgan fingerprint density at radius 1 is 1.13 bits per heavy atom. The summed E-state index contributed by atoms with van der Waals surface area (Å²) < 4.78 is 3.29. The number of benzene rings is 1. The van der Waals surface area contributed by atoms with Crippen LogP contribution in [0.25, 0.3) is 22.1 Å². The van der Waals surface area contributed by atoms with Crippen LogP contribution in [0.5, 0.6) is 0 Å². The van der Waals surface area contributed by atoms with E-state index in [0.29, 0.717) is 34.4 Å². The lowest BCUT2D eigenvalue weighted by Gasteiger charge is -2.09. The molecule has 31 heavy (non-hydrogen) atoms. The Kier molecular flexibility index (Phi) is 6.08. The summed E-state index contributed by atoms with van der Waals surface area (Å²) in [6.45, 7) is 5.36. The monoisotopic (exact) mass is 439 g/mol. The minimum Gasteiger partial charge on any atom is -0.370 e. The van der Waals surface area contributed by atoms with Crippen molar-refractivity contribution in [3.8, 4) is 0 Å². The molecule has 4 rings (SSSR count). The lowest BCUT2D eigenvalue weighted by molar-refractivity contribution is 0.613. The van der Waals surface area contributed by atoms with Crippen molar-refractivity contribution in [2.45, 2.75) is 44.1 Å². The maximum Gasteiger partial charge on any atom is 0.330 e. The van der Waals surface area contributed by atoms with E-state index in [1.807, 2.05) is 31.2 Å². The van der Waals surface area contributed by atoms with E-state index < -0.39 is 11.2 Å². The van der Waals surface area contributed by atoms with Crippen molar-refractivity contribution in [2.24, 2.45) is 7.05 Å². The standard InChI is InChI=1S/C21H25N7O2S/c1-4-6-11-28-18-16(19(29)26-21(28)30)27(3)15(24-18)12-31-20-23-14-10-8-7-9-13(14)17(25-20)22-5-2/h7-10H,4-6,11-12H2,1-3H3,(H,22,23,25)(H,26,29,30). The van der Waals surface area contributed by atoms with Crippen molar-refractivity contribution < 1.29 is 0 Å². The van der Waals surface area contributed by atoms with Gasteiger partial charge in [0.15, 0.2) is 16.3 Å². The maximum absolute atomic E-state index is 12.4. The van der Waals surface area contributed by atoms with Crippen LogP contribution in [0.1, 0.15) is 32.5 Å². The number of aryl methyl sites for hydroxylation is 2. The van der Waals surface area contributed by atoms with E-state index in [-0.39, 0.29) is 0 Å². The number of nitrogens with one attached hydrogen (secondary N) is 2. The predicted octanol–water partition coefficient (Wildman–Crippen LogP) is 2.89. The molecule has 0 aliphatic rings. The van der Waals surface area contributed by atoms with Crippen molar-refractivity contribution in [3.63, 3.8) is 0 Å². The fraction of sp³-hybridized carbons (Fsp3) is 0.381. The number of rotatable bonds is 8. The summed E-state index contributed by atoms with van der Waals surface area (Å²) >= 11 is 1.45. The van der Waals surface area contributed by atoms with Gasteiger partial charge in [-0.15, -0.1) is 0 Å². The van der Waals surface area contributed by atoms with Gasteiger partial charge in [0.2, 0.25) is 0 Å². The van der Waals surface area contributed by atoms with Crippen LogP contribution in [0.2, 0.25) is 0 Å². The number of H-pyrrole nitrogens is 1. The third-order valence-corrected chi connectivity index (χ3v) is 5.94. The Bertz CT molecular complexity index is 1360. The Labute approximate surface area is 182 Å². The second-order valence-corrected chi connectivity index (χ2v) is 8.16. The molecule has 0 unspecified atom stereocenters. The molecule has 0 aliphatic heterocycles. The molecule has 3 heterocycles. The van der Waals surface area contributed by atoms with E-state index in [0.717, 1.165) is 36.1 Å². The summed E-state index contributed by atoms with van der Waals surface area (Å²) in [5, 5.41) is 4.89. The van der Waals surface area contributed by atoms with E-state index >= 15 is 0 Å². The van der Waals surface area contributed by atoms with Crippen LogP contribution in [0.4, 0.5) is 5.82 Å². The molecule has 3 aromatic heterocycles. The lowest BCUT2D eigenvalue weighted by atomic mass is 10.2. The Balaban J connectivity index is 1.70. The first-order valence-electron chi connectivity index (χ1n) is 10.3. The normalized spacial score (nSPS) is 11.5. The molecule has 4 aromatic rings. The Hall–Kier alpha value is -3.14. The van der Waals surface area contributed by atoms with Gasteiger partial charge >= 0.3 is 5.69 Å². The lowest BCUT2D eigenvalue weighted by Crippen LogP contribution is -2.31. The van der Waals surface area contributed by atoms with Crippen LogP contribution >= 0.6 is 11.8 Å². The van der Waals surface area contributed by atoms with Crippen LogP contribution in [-0.4, -0.2) is 35.6 Å². The molecular weight excluding hydrogens is 414 g/mol. The van der Waals surface area contributed by atoms with E-state index in [1.54, 1.807) is 16.2 Å². The highest BCUT2D eigenvalue weighted by Crippen LogP contribution is 2.26. The maximum atomic E-state index is 12.4. The second-order valence-electron chi connectivity index (χ2n) is 7.21. The van der Waals surface area contributed by atoms with Gasteiger partial charge in [-0.25, -0.2) is 19.7 Å². The number of fused-ring (bicyclic) bond motifs is 2. The molecule has 0 radical (unpaired) electrons. The minimum absolute atomic E-state index is 0.402. The molecule has 0 aliphatic carbocycles. The first kappa shape index (κ1) is 21.1. The van der Waals surface area contributed by atoms with Gasteiger partial charge in [0.1, 0.15) is 11.6 Å². The first-order valence-corrected chi connectivity index (χ1v) is 11.3. The molecule has 9 nitrogen and oxygen atoms in total. The predicted molar refractivity (Wildman–Crippen MR) is 124 cm³/mol. The minimum atomic E-state index is -0.421. The molecule has 0 spiro atoms. The smallest absolute Gasteiger partial charge is 0.330 e. The van der Waals surface area contributed by atoms with Crippen molar-refractivity contribution in [3.05, 3.63) is 50.9 Å². The van der Waals surface area contributed by atoms with Gasteiger partial charge in [-0.3, -0.25) is 14.3 Å². The van der Waals surface area contributed by atoms with Crippen LogP contribution in [0.15, 0.2) is 39.0 Å². The first-order chi connectivity index (χ1) is 15.0. The summed E-state index contributed by atoms with van der Waals surface area (Å²) in [5.41, 5.74) is 0.852. The van der Waals surface area contributed by atoms with E-state index in [2.05, 4.69) is 32.2 Å². The summed E-state index contributed by atoms with van der Waals surface area (Å²) in [7, 11) is 1.79. The summed E-state index contributed by atoms with van der Waals surface area (Å²) in [5.74, 6) is 1.95. The molecule has 0 saturated carbocycles. The average molecular weight is 440 g/mol. The van der Waals surface area contributed by atoms with Crippen molar-refractivity contribution in [2.75, 3.05) is 11.9 Å². The number of aromatic amines is 1. The number of unbranched alkanes of at least 4 members (excludes halogenated alkanes) is 1. The highest BCUT2D eigenvalue weighted by Gasteiger charge is 2.17. The summed E-state index contributed by atoms with van der Waals surface area (Å²) in [6.07, 6.45) is 1.77. The number of para-hydroxylation sites is 1. The fourth-order valence-corrected chi connectivity index (χ4v) is 4.33. The molecule has 2 N–H and O–H groups in total. The number of thioether (sulfide) groups is 1. The number of nitrogens with zero attached hydrogens (tertiary/aromatic N) is 5. The quantitative estimate of drug-likeness (QED) is 0.321. The SMILES string of the molecule is CCCCn1c(=O)[nH]c(=O)c2c1nc(CSc1nc(NCC)c3ccccc3n1)n2C. The third kappa shape index (κ3) is 4.07. The largest absolute Gasteiger partial charge is 0.370 e. The number of aromatic nitrogens is 6. The van der Waals surface area contributed by atoms with Gasteiger partial charge < -0.3 is 9.88 Å². The number of imidazole rings is 1. The van der Waals surface area contributed by atoms with E-state index in [4.69, 9.17) is 0 Å². The third-order valence-electron chi connectivity index (χ3n) is 5.10. The van der Waals surface area contributed by atoms with Gasteiger partial charge in [-0.05, 0) is 25.5 Å². The summed E-state index contributed by atoms with van der Waals surface area (Å²) in [4.78, 5) is 41.1. The fourth-order valence-electron chi connectivity index (χ4n) is 3.50. The molecule has 0 bridgehead atoms. The highest BCUT2D eigenvalue weighted by molar-refractivity contribution is 7.98. The highest BCUT2D eigenvalue weighted by atomic mass is 32.2. The van der Waals surface area contributed by atoms with Crippen molar-refractivity contribution in [1.29, 1.82) is 0 Å². The number of hydrogen-bond acceptors (Lipinski definition) is 7. The molecule has 0 saturated heterocycles. The van der Waals surface area contributed by atoms with E-state index in [9.17, 15) is 9.59 Å². The summed E-state index contributed by atoms with van der Waals surface area (Å²) in [6, 6.07) is 7.87. The van der Waals surface area contributed by atoms with Gasteiger partial charge in [0.25, 0.3) is 5.56 Å². The van der Waals surface area contributed by atoms with Crippen molar-refractivity contribution in [1.82, 2.24) is 29.1 Å². The second kappa shape index (κ2) is 8.93. The molecule has 1 aromatic carbocycles. The molecule has 10 heteroatoms. The van der Waals surface area contributed by atoms with Crippen LogP contribution in [-0.2, 0) is 19.3 Å².